The highest BCUT2D eigenvalue weighted by molar-refractivity contribution is 7.21. The van der Waals surface area contributed by atoms with Crippen LogP contribution in [-0.4, -0.2) is 13.0 Å². The van der Waals surface area contributed by atoms with Crippen LogP contribution in [0.4, 0.5) is 4.39 Å². The first kappa shape index (κ1) is 10.4. The molecule has 78 valence electrons. The summed E-state index contributed by atoms with van der Waals surface area (Å²) in [5.74, 6) is -0.578. The Morgan fingerprint density at radius 1 is 1.53 bits per heavy atom. The number of rotatable bonds is 1. The zero-order valence-electron chi connectivity index (χ0n) is 7.80. The SMILES string of the molecule is CNC(=O)c1sc2cc(F)ccc2c1Cl. The molecule has 1 N–H and O–H groups in total. The fourth-order valence-corrected chi connectivity index (χ4v) is 2.79. The van der Waals surface area contributed by atoms with Crippen LogP contribution in [0.5, 0.6) is 0 Å². The van der Waals surface area contributed by atoms with Gasteiger partial charge in [-0.1, -0.05) is 11.6 Å². The van der Waals surface area contributed by atoms with Crippen molar-refractivity contribution < 1.29 is 9.18 Å². The van der Waals surface area contributed by atoms with Crippen molar-refractivity contribution in [3.05, 3.63) is 33.9 Å². The third kappa shape index (κ3) is 1.70. The third-order valence-electron chi connectivity index (χ3n) is 2.02. The predicted molar refractivity (Wildman–Crippen MR) is 60.2 cm³/mol. The molecular formula is C10H7ClFNOS. The van der Waals surface area contributed by atoms with Gasteiger partial charge in [-0.05, 0) is 18.2 Å². The number of hydrogen-bond acceptors (Lipinski definition) is 2. The summed E-state index contributed by atoms with van der Waals surface area (Å²) < 4.78 is 13.6. The van der Waals surface area contributed by atoms with Gasteiger partial charge >= 0.3 is 0 Å². The third-order valence-corrected chi connectivity index (χ3v) is 3.68. The van der Waals surface area contributed by atoms with Gasteiger partial charge in [-0.25, -0.2) is 4.39 Å². The van der Waals surface area contributed by atoms with Crippen LogP contribution in [-0.2, 0) is 0 Å². The Hall–Kier alpha value is -1.13. The van der Waals surface area contributed by atoms with Gasteiger partial charge in [0.05, 0.1) is 5.02 Å². The summed E-state index contributed by atoms with van der Waals surface area (Å²) in [4.78, 5) is 11.8. The van der Waals surface area contributed by atoms with Crippen LogP contribution >= 0.6 is 22.9 Å². The summed E-state index contributed by atoms with van der Waals surface area (Å²) in [5, 5.41) is 3.58. The molecule has 1 amide bonds. The Balaban J connectivity index is 2.69. The van der Waals surface area contributed by atoms with Crippen molar-refractivity contribution in [2.24, 2.45) is 0 Å². The molecule has 1 heterocycles. The monoisotopic (exact) mass is 243 g/mol. The average molecular weight is 244 g/mol. The molecule has 0 bridgehead atoms. The Labute approximate surface area is 94.7 Å². The van der Waals surface area contributed by atoms with E-state index in [-0.39, 0.29) is 11.7 Å². The van der Waals surface area contributed by atoms with E-state index in [9.17, 15) is 9.18 Å². The fraction of sp³-hybridized carbons (Fsp3) is 0.100. The van der Waals surface area contributed by atoms with Gasteiger partial charge in [0.1, 0.15) is 10.7 Å². The van der Waals surface area contributed by atoms with Gasteiger partial charge in [0.15, 0.2) is 0 Å². The summed E-state index contributed by atoms with van der Waals surface area (Å²) in [6, 6.07) is 4.28. The van der Waals surface area contributed by atoms with Crippen molar-refractivity contribution in [2.75, 3.05) is 7.05 Å². The van der Waals surface area contributed by atoms with Gasteiger partial charge in [-0.15, -0.1) is 11.3 Å². The van der Waals surface area contributed by atoms with Crippen LogP contribution in [0.25, 0.3) is 10.1 Å². The second kappa shape index (κ2) is 3.79. The number of nitrogens with one attached hydrogen (secondary N) is 1. The largest absolute Gasteiger partial charge is 0.354 e. The van der Waals surface area contributed by atoms with Crippen molar-refractivity contribution in [1.29, 1.82) is 0 Å². The first-order valence-electron chi connectivity index (χ1n) is 4.23. The molecule has 0 aliphatic carbocycles. The van der Waals surface area contributed by atoms with E-state index in [0.29, 0.717) is 20.0 Å². The van der Waals surface area contributed by atoms with Crippen molar-refractivity contribution in [3.8, 4) is 0 Å². The number of fused-ring (bicyclic) bond motifs is 1. The minimum atomic E-state index is -0.330. The molecule has 0 fully saturated rings. The Morgan fingerprint density at radius 3 is 2.93 bits per heavy atom. The van der Waals surface area contributed by atoms with E-state index in [2.05, 4.69) is 5.32 Å². The number of hydrogen-bond donors (Lipinski definition) is 1. The highest BCUT2D eigenvalue weighted by Crippen LogP contribution is 2.35. The lowest BCUT2D eigenvalue weighted by Crippen LogP contribution is -2.16. The number of thiophene rings is 1. The maximum Gasteiger partial charge on any atom is 0.262 e. The van der Waals surface area contributed by atoms with Crippen molar-refractivity contribution in [3.63, 3.8) is 0 Å². The first-order valence-corrected chi connectivity index (χ1v) is 5.42. The minimum Gasteiger partial charge on any atom is -0.354 e. The van der Waals surface area contributed by atoms with Gasteiger partial charge < -0.3 is 5.32 Å². The van der Waals surface area contributed by atoms with Crippen LogP contribution in [0.3, 0.4) is 0 Å². The lowest BCUT2D eigenvalue weighted by molar-refractivity contribution is 0.0967. The standard InChI is InChI=1S/C10H7ClFNOS/c1-13-10(14)9-8(11)6-3-2-5(12)4-7(6)15-9/h2-4H,1H3,(H,13,14). The zero-order chi connectivity index (χ0) is 11.0. The summed E-state index contributed by atoms with van der Waals surface area (Å²) in [6.07, 6.45) is 0. The van der Waals surface area contributed by atoms with Crippen LogP contribution in [0.15, 0.2) is 18.2 Å². The normalized spacial score (nSPS) is 10.6. The van der Waals surface area contributed by atoms with Crippen LogP contribution in [0.1, 0.15) is 9.67 Å². The van der Waals surface area contributed by atoms with Gasteiger partial charge in [0.25, 0.3) is 5.91 Å². The molecule has 0 radical (unpaired) electrons. The maximum atomic E-state index is 12.9. The zero-order valence-corrected chi connectivity index (χ0v) is 9.38. The molecule has 0 aliphatic rings. The van der Waals surface area contributed by atoms with Crippen molar-refractivity contribution >= 4 is 38.9 Å². The molecule has 1 aromatic heterocycles. The van der Waals surface area contributed by atoms with Crippen LogP contribution in [0.2, 0.25) is 5.02 Å². The molecule has 0 saturated carbocycles. The Morgan fingerprint density at radius 2 is 2.27 bits per heavy atom. The predicted octanol–water partition coefficient (Wildman–Crippen LogP) is 3.05. The molecule has 0 unspecified atom stereocenters. The van der Waals surface area contributed by atoms with Crippen molar-refractivity contribution in [2.45, 2.75) is 0 Å². The summed E-state index contributed by atoms with van der Waals surface area (Å²) in [6.45, 7) is 0. The maximum absolute atomic E-state index is 12.9. The number of amides is 1. The number of carbonyl (C=O) groups is 1. The van der Waals surface area contributed by atoms with Crippen LogP contribution in [0, 0.1) is 5.82 Å². The summed E-state index contributed by atoms with van der Waals surface area (Å²) in [7, 11) is 1.53. The highest BCUT2D eigenvalue weighted by atomic mass is 35.5. The molecule has 0 spiro atoms. The Kier molecular flexibility index (Phi) is 2.63. The minimum absolute atomic E-state index is 0.249. The van der Waals surface area contributed by atoms with E-state index in [4.69, 9.17) is 11.6 Å². The number of carbonyl (C=O) groups excluding carboxylic acids is 1. The lowest BCUT2D eigenvalue weighted by atomic mass is 10.2. The van der Waals surface area contributed by atoms with Gasteiger partial charge in [0, 0.05) is 17.1 Å². The van der Waals surface area contributed by atoms with E-state index in [0.717, 1.165) is 0 Å². The first-order chi connectivity index (χ1) is 7.13. The molecule has 0 aliphatic heterocycles. The summed E-state index contributed by atoms with van der Waals surface area (Å²) >= 11 is 7.20. The second-order valence-electron chi connectivity index (χ2n) is 2.96. The Bertz CT molecular complexity index is 537. The van der Waals surface area contributed by atoms with E-state index >= 15 is 0 Å². The van der Waals surface area contributed by atoms with E-state index in [1.807, 2.05) is 0 Å². The molecule has 1 aromatic carbocycles. The van der Waals surface area contributed by atoms with Crippen molar-refractivity contribution in [1.82, 2.24) is 5.32 Å². The molecule has 5 heteroatoms. The van der Waals surface area contributed by atoms with E-state index in [1.165, 1.54) is 30.5 Å². The number of benzene rings is 1. The second-order valence-corrected chi connectivity index (χ2v) is 4.39. The molecule has 0 saturated heterocycles. The smallest absolute Gasteiger partial charge is 0.262 e. The molecular weight excluding hydrogens is 237 g/mol. The molecule has 15 heavy (non-hydrogen) atoms. The van der Waals surface area contributed by atoms with E-state index < -0.39 is 0 Å². The average Bonchev–Trinajstić information content (AvgIpc) is 2.54. The summed E-state index contributed by atoms with van der Waals surface area (Å²) in [5.41, 5.74) is 0. The van der Waals surface area contributed by atoms with Crippen LogP contribution < -0.4 is 5.32 Å². The van der Waals surface area contributed by atoms with Gasteiger partial charge in [0.2, 0.25) is 0 Å². The fourth-order valence-electron chi connectivity index (χ4n) is 1.30. The van der Waals surface area contributed by atoms with E-state index in [1.54, 1.807) is 6.07 Å². The topological polar surface area (TPSA) is 29.1 Å². The molecule has 2 rings (SSSR count). The highest BCUT2D eigenvalue weighted by Gasteiger charge is 2.15. The lowest BCUT2D eigenvalue weighted by Gasteiger charge is -1.94. The van der Waals surface area contributed by atoms with Gasteiger partial charge in [-0.3, -0.25) is 4.79 Å². The molecule has 0 atom stereocenters. The quantitative estimate of drug-likeness (QED) is 0.820. The molecule has 2 nitrogen and oxygen atoms in total. The van der Waals surface area contributed by atoms with Gasteiger partial charge in [-0.2, -0.15) is 0 Å². The number of halogens is 2. The molecule has 2 aromatic rings.